The van der Waals surface area contributed by atoms with Crippen molar-refractivity contribution in [3.63, 3.8) is 0 Å². The molecule has 7 heteroatoms. The molecule has 2 aromatic heterocycles. The third-order valence-electron chi connectivity index (χ3n) is 4.03. The highest BCUT2D eigenvalue weighted by atomic mass is 32.1. The Morgan fingerprint density at radius 2 is 2.29 bits per heavy atom. The second-order valence-electron chi connectivity index (χ2n) is 5.90. The van der Waals surface area contributed by atoms with Gasteiger partial charge >= 0.3 is 0 Å². The summed E-state index contributed by atoms with van der Waals surface area (Å²) in [4.78, 5) is 12.4. The van der Waals surface area contributed by atoms with Crippen molar-refractivity contribution in [3.05, 3.63) is 17.3 Å². The normalized spacial score (nSPS) is 24.1. The third-order valence-corrected chi connectivity index (χ3v) is 4.84. The lowest BCUT2D eigenvalue weighted by Crippen LogP contribution is -2.28. The van der Waals surface area contributed by atoms with Crippen LogP contribution >= 0.6 is 11.3 Å². The molecule has 1 unspecified atom stereocenters. The average molecular weight is 307 g/mol. The standard InChI is InChI=1S/C14H21N5OS/c1-14(20)4-2-6-19(7-5-14)9-11-16-12(18-15)10-3-8-21-13(10)17-11/h3,8,20H,2,4-7,9,15H2,1H3,(H,16,17,18). The molecule has 114 valence electrons. The van der Waals surface area contributed by atoms with Gasteiger partial charge in [0, 0.05) is 6.54 Å². The topological polar surface area (TPSA) is 87.3 Å². The van der Waals surface area contributed by atoms with Crippen molar-refractivity contribution in [2.75, 3.05) is 18.5 Å². The molecule has 2 aromatic rings. The summed E-state index contributed by atoms with van der Waals surface area (Å²) >= 11 is 1.59. The molecule has 1 aliphatic rings. The number of thiophene rings is 1. The largest absolute Gasteiger partial charge is 0.390 e. The molecule has 1 saturated heterocycles. The van der Waals surface area contributed by atoms with E-state index in [9.17, 15) is 5.11 Å². The minimum atomic E-state index is -0.544. The lowest BCUT2D eigenvalue weighted by molar-refractivity contribution is 0.0443. The van der Waals surface area contributed by atoms with Crippen LogP contribution in [0.25, 0.3) is 10.2 Å². The number of nitrogen functional groups attached to an aromatic ring is 1. The van der Waals surface area contributed by atoms with Crippen molar-refractivity contribution in [2.24, 2.45) is 5.84 Å². The Kier molecular flexibility index (Phi) is 4.08. The molecule has 1 aliphatic heterocycles. The Bertz CT molecular complexity index is 627. The zero-order valence-corrected chi connectivity index (χ0v) is 13.0. The monoisotopic (exact) mass is 307 g/mol. The molecule has 1 fully saturated rings. The number of likely N-dealkylation sites (tertiary alicyclic amines) is 1. The van der Waals surface area contributed by atoms with Gasteiger partial charge in [0.15, 0.2) is 5.82 Å². The second-order valence-corrected chi connectivity index (χ2v) is 6.79. The lowest BCUT2D eigenvalue weighted by atomic mass is 9.98. The van der Waals surface area contributed by atoms with Gasteiger partial charge in [-0.3, -0.25) is 4.90 Å². The summed E-state index contributed by atoms with van der Waals surface area (Å²) < 4.78 is 0. The molecule has 4 N–H and O–H groups in total. The van der Waals surface area contributed by atoms with Gasteiger partial charge in [0.05, 0.1) is 17.5 Å². The predicted octanol–water partition coefficient (Wildman–Crippen LogP) is 1.71. The van der Waals surface area contributed by atoms with E-state index in [0.717, 1.165) is 48.4 Å². The Morgan fingerprint density at radius 3 is 3.10 bits per heavy atom. The number of anilines is 1. The number of hydrogen-bond donors (Lipinski definition) is 3. The number of nitrogens with one attached hydrogen (secondary N) is 1. The first-order valence-corrected chi connectivity index (χ1v) is 8.11. The van der Waals surface area contributed by atoms with Gasteiger partial charge in [0.2, 0.25) is 0 Å². The van der Waals surface area contributed by atoms with Gasteiger partial charge in [-0.05, 0) is 44.2 Å². The van der Waals surface area contributed by atoms with Crippen LogP contribution in [0.5, 0.6) is 0 Å². The van der Waals surface area contributed by atoms with E-state index in [4.69, 9.17) is 5.84 Å². The average Bonchev–Trinajstić information content (AvgIpc) is 2.85. The number of hydrogen-bond acceptors (Lipinski definition) is 7. The van der Waals surface area contributed by atoms with Crippen LogP contribution in [0, 0.1) is 0 Å². The van der Waals surface area contributed by atoms with Crippen molar-refractivity contribution in [1.29, 1.82) is 0 Å². The summed E-state index contributed by atoms with van der Waals surface area (Å²) in [5.41, 5.74) is 2.11. The number of hydrazine groups is 1. The van der Waals surface area contributed by atoms with E-state index in [1.165, 1.54) is 0 Å². The summed E-state index contributed by atoms with van der Waals surface area (Å²) in [6.45, 7) is 4.44. The molecule has 0 bridgehead atoms. The third kappa shape index (κ3) is 3.32. The molecule has 21 heavy (non-hydrogen) atoms. The number of rotatable bonds is 3. The van der Waals surface area contributed by atoms with Crippen LogP contribution in [0.2, 0.25) is 0 Å². The molecule has 0 radical (unpaired) electrons. The van der Waals surface area contributed by atoms with E-state index in [1.54, 1.807) is 11.3 Å². The van der Waals surface area contributed by atoms with Gasteiger partial charge < -0.3 is 10.5 Å². The number of fused-ring (bicyclic) bond motifs is 1. The minimum absolute atomic E-state index is 0.544. The van der Waals surface area contributed by atoms with Crippen LogP contribution < -0.4 is 11.3 Å². The van der Waals surface area contributed by atoms with Crippen molar-refractivity contribution in [2.45, 2.75) is 38.3 Å². The fraction of sp³-hybridized carbons (Fsp3) is 0.571. The van der Waals surface area contributed by atoms with Crippen molar-refractivity contribution < 1.29 is 5.11 Å². The molecule has 3 rings (SSSR count). The summed E-state index contributed by atoms with van der Waals surface area (Å²) in [5, 5.41) is 13.1. The maximum Gasteiger partial charge on any atom is 0.152 e. The van der Waals surface area contributed by atoms with E-state index < -0.39 is 5.60 Å². The first-order chi connectivity index (χ1) is 10.1. The minimum Gasteiger partial charge on any atom is -0.390 e. The van der Waals surface area contributed by atoms with Gasteiger partial charge in [0.25, 0.3) is 0 Å². The quantitative estimate of drug-likeness (QED) is 0.591. The van der Waals surface area contributed by atoms with E-state index in [1.807, 2.05) is 18.4 Å². The predicted molar refractivity (Wildman–Crippen MR) is 85.0 cm³/mol. The lowest BCUT2D eigenvalue weighted by Gasteiger charge is -2.22. The molecule has 0 saturated carbocycles. The smallest absolute Gasteiger partial charge is 0.152 e. The first-order valence-electron chi connectivity index (χ1n) is 7.23. The van der Waals surface area contributed by atoms with Crippen LogP contribution in [0.1, 0.15) is 32.0 Å². The van der Waals surface area contributed by atoms with Crippen LogP contribution in [0.3, 0.4) is 0 Å². The fourth-order valence-corrected chi connectivity index (χ4v) is 3.54. The molecule has 0 aliphatic carbocycles. The Labute approximate surface area is 128 Å². The molecule has 6 nitrogen and oxygen atoms in total. The van der Waals surface area contributed by atoms with Gasteiger partial charge in [-0.25, -0.2) is 15.8 Å². The van der Waals surface area contributed by atoms with E-state index in [2.05, 4.69) is 20.3 Å². The van der Waals surface area contributed by atoms with Crippen LogP contribution in [0.4, 0.5) is 5.82 Å². The summed E-state index contributed by atoms with van der Waals surface area (Å²) in [7, 11) is 0. The maximum atomic E-state index is 10.2. The summed E-state index contributed by atoms with van der Waals surface area (Å²) in [6, 6.07) is 1.97. The summed E-state index contributed by atoms with van der Waals surface area (Å²) in [6.07, 6.45) is 2.64. The fourth-order valence-electron chi connectivity index (χ4n) is 2.76. The Morgan fingerprint density at radius 1 is 1.43 bits per heavy atom. The van der Waals surface area contributed by atoms with Gasteiger partial charge in [-0.15, -0.1) is 11.3 Å². The number of nitrogens with two attached hydrogens (primary N) is 1. The number of aliphatic hydroxyl groups is 1. The molecule has 0 spiro atoms. The highest BCUT2D eigenvalue weighted by Crippen LogP contribution is 2.26. The number of aromatic nitrogens is 2. The molecular weight excluding hydrogens is 286 g/mol. The zero-order valence-electron chi connectivity index (χ0n) is 12.2. The SMILES string of the molecule is CC1(O)CCCN(Cc2nc(NN)c3ccsc3n2)CC1. The van der Waals surface area contributed by atoms with Gasteiger partial charge in [-0.2, -0.15) is 0 Å². The van der Waals surface area contributed by atoms with Crippen LogP contribution in [0.15, 0.2) is 11.4 Å². The highest BCUT2D eigenvalue weighted by molar-refractivity contribution is 7.16. The molecule has 0 aromatic carbocycles. The second kappa shape index (κ2) is 5.84. The molecule has 0 amide bonds. The molecular formula is C14H21N5OS. The Balaban J connectivity index is 1.78. The van der Waals surface area contributed by atoms with Crippen molar-refractivity contribution in [3.8, 4) is 0 Å². The van der Waals surface area contributed by atoms with E-state index >= 15 is 0 Å². The Hall–Kier alpha value is -1.28. The van der Waals surface area contributed by atoms with Crippen molar-refractivity contribution >= 4 is 27.4 Å². The van der Waals surface area contributed by atoms with Crippen LogP contribution in [-0.2, 0) is 6.54 Å². The molecule has 3 heterocycles. The van der Waals surface area contributed by atoms with E-state index in [0.29, 0.717) is 12.4 Å². The first kappa shape index (κ1) is 14.6. The van der Waals surface area contributed by atoms with Gasteiger partial charge in [-0.1, -0.05) is 0 Å². The maximum absolute atomic E-state index is 10.2. The highest BCUT2D eigenvalue weighted by Gasteiger charge is 2.25. The van der Waals surface area contributed by atoms with Crippen molar-refractivity contribution in [1.82, 2.24) is 14.9 Å². The summed E-state index contributed by atoms with van der Waals surface area (Å²) in [5.74, 6) is 7.01. The number of nitrogens with zero attached hydrogens (tertiary/aromatic N) is 3. The van der Waals surface area contributed by atoms with E-state index in [-0.39, 0.29) is 0 Å². The molecule has 1 atom stereocenters. The van der Waals surface area contributed by atoms with Crippen LogP contribution in [-0.4, -0.2) is 38.7 Å². The zero-order chi connectivity index (χ0) is 14.9. The van der Waals surface area contributed by atoms with Gasteiger partial charge in [0.1, 0.15) is 10.7 Å².